The summed E-state index contributed by atoms with van der Waals surface area (Å²) in [6.45, 7) is 8.10. The summed E-state index contributed by atoms with van der Waals surface area (Å²) in [5, 5.41) is 0. The molecule has 0 aliphatic carbocycles. The first kappa shape index (κ1) is 13.2. The molecule has 0 aromatic heterocycles. The van der Waals surface area contributed by atoms with Crippen LogP contribution in [0.1, 0.15) is 5.56 Å². The minimum Gasteiger partial charge on any atom is -0.498 e. The molecule has 17 heavy (non-hydrogen) atoms. The van der Waals surface area contributed by atoms with Gasteiger partial charge in [0.1, 0.15) is 13.2 Å². The van der Waals surface area contributed by atoms with Crippen LogP contribution in [0.5, 0.6) is 11.5 Å². The molecule has 0 aliphatic rings. The summed E-state index contributed by atoms with van der Waals surface area (Å²) in [7, 11) is 1.63. The first-order valence-corrected chi connectivity index (χ1v) is 5.45. The first-order valence-electron chi connectivity index (χ1n) is 5.45. The molecular formula is C14H18O3. The van der Waals surface area contributed by atoms with Crippen molar-refractivity contribution in [3.05, 3.63) is 49.3 Å². The van der Waals surface area contributed by atoms with Gasteiger partial charge in [-0.1, -0.05) is 18.7 Å². The highest BCUT2D eigenvalue weighted by Crippen LogP contribution is 2.28. The van der Waals surface area contributed by atoms with E-state index in [-0.39, 0.29) is 0 Å². The summed E-state index contributed by atoms with van der Waals surface area (Å²) in [6, 6.07) is 5.84. The van der Waals surface area contributed by atoms with Crippen LogP contribution in [0.2, 0.25) is 0 Å². The zero-order valence-corrected chi connectivity index (χ0v) is 10.1. The number of hydrogen-bond donors (Lipinski definition) is 0. The Morgan fingerprint density at radius 3 is 2.65 bits per heavy atom. The number of hydrogen-bond acceptors (Lipinski definition) is 3. The molecule has 0 aliphatic heterocycles. The fourth-order valence-electron chi connectivity index (χ4n) is 1.41. The molecule has 0 fully saturated rings. The van der Waals surface area contributed by atoms with Crippen molar-refractivity contribution in [3.63, 3.8) is 0 Å². The van der Waals surface area contributed by atoms with E-state index in [9.17, 15) is 0 Å². The highest BCUT2D eigenvalue weighted by Gasteiger charge is 2.04. The summed E-state index contributed by atoms with van der Waals surface area (Å²) < 4.78 is 15.8. The highest BCUT2D eigenvalue weighted by molar-refractivity contribution is 5.43. The van der Waals surface area contributed by atoms with E-state index in [1.165, 1.54) is 6.26 Å². The second-order valence-electron chi connectivity index (χ2n) is 3.36. The van der Waals surface area contributed by atoms with E-state index in [0.717, 1.165) is 17.7 Å². The molecule has 3 heteroatoms. The van der Waals surface area contributed by atoms with E-state index in [1.807, 2.05) is 24.3 Å². The Labute approximate surface area is 102 Å². The minimum atomic E-state index is 0.461. The number of ether oxygens (including phenoxy) is 3. The maximum atomic E-state index is 5.54. The van der Waals surface area contributed by atoms with Crippen molar-refractivity contribution in [1.82, 2.24) is 0 Å². The highest BCUT2D eigenvalue weighted by atomic mass is 16.5. The Hall–Kier alpha value is -1.90. The SMILES string of the molecule is C=CCc1ccc(OCCOC=C)c(OC)c1. The van der Waals surface area contributed by atoms with E-state index in [2.05, 4.69) is 13.2 Å². The van der Waals surface area contributed by atoms with Gasteiger partial charge < -0.3 is 14.2 Å². The van der Waals surface area contributed by atoms with E-state index < -0.39 is 0 Å². The van der Waals surface area contributed by atoms with Gasteiger partial charge in [0.05, 0.1) is 13.4 Å². The number of allylic oxidation sites excluding steroid dienone is 1. The molecule has 0 N–H and O–H groups in total. The monoisotopic (exact) mass is 234 g/mol. The van der Waals surface area contributed by atoms with Gasteiger partial charge in [-0.3, -0.25) is 0 Å². The largest absolute Gasteiger partial charge is 0.498 e. The molecule has 0 heterocycles. The predicted octanol–water partition coefficient (Wildman–Crippen LogP) is 2.96. The average molecular weight is 234 g/mol. The van der Waals surface area contributed by atoms with Gasteiger partial charge in [0.2, 0.25) is 0 Å². The van der Waals surface area contributed by atoms with Gasteiger partial charge >= 0.3 is 0 Å². The number of benzene rings is 1. The van der Waals surface area contributed by atoms with Gasteiger partial charge in [-0.05, 0) is 24.1 Å². The lowest BCUT2D eigenvalue weighted by Crippen LogP contribution is -2.05. The molecule has 0 radical (unpaired) electrons. The van der Waals surface area contributed by atoms with Crippen LogP contribution in [-0.4, -0.2) is 20.3 Å². The van der Waals surface area contributed by atoms with Gasteiger partial charge in [-0.25, -0.2) is 0 Å². The summed E-state index contributed by atoms with van der Waals surface area (Å²) in [4.78, 5) is 0. The fraction of sp³-hybridized carbons (Fsp3) is 0.286. The quantitative estimate of drug-likeness (QED) is 0.393. The van der Waals surface area contributed by atoms with Crippen LogP contribution in [0.4, 0.5) is 0 Å². The topological polar surface area (TPSA) is 27.7 Å². The molecule has 3 nitrogen and oxygen atoms in total. The molecule has 1 aromatic rings. The molecule has 0 unspecified atom stereocenters. The standard InChI is InChI=1S/C14H18O3/c1-4-6-12-7-8-13(14(11-12)15-3)17-10-9-16-5-2/h4-5,7-8,11H,1-2,6,9-10H2,3H3. The molecule has 1 aromatic carbocycles. The molecule has 0 spiro atoms. The second-order valence-corrected chi connectivity index (χ2v) is 3.36. The summed E-state index contributed by atoms with van der Waals surface area (Å²) in [5.74, 6) is 1.44. The third-order valence-electron chi connectivity index (χ3n) is 2.18. The Morgan fingerprint density at radius 1 is 1.18 bits per heavy atom. The molecule has 0 bridgehead atoms. The van der Waals surface area contributed by atoms with E-state index >= 15 is 0 Å². The molecule has 0 amide bonds. The number of methoxy groups -OCH3 is 1. The molecule has 0 saturated heterocycles. The van der Waals surface area contributed by atoms with Gasteiger partial charge in [0, 0.05) is 0 Å². The second kappa shape index (κ2) is 7.39. The predicted molar refractivity (Wildman–Crippen MR) is 68.5 cm³/mol. The van der Waals surface area contributed by atoms with Crippen molar-refractivity contribution in [2.75, 3.05) is 20.3 Å². The van der Waals surface area contributed by atoms with Crippen molar-refractivity contribution < 1.29 is 14.2 Å². The minimum absolute atomic E-state index is 0.461. The molecular weight excluding hydrogens is 216 g/mol. The zero-order chi connectivity index (χ0) is 12.5. The van der Waals surface area contributed by atoms with Crippen LogP contribution < -0.4 is 9.47 Å². The molecule has 92 valence electrons. The maximum Gasteiger partial charge on any atom is 0.161 e. The Balaban J connectivity index is 2.64. The van der Waals surface area contributed by atoms with Crippen LogP contribution in [-0.2, 0) is 11.2 Å². The average Bonchev–Trinajstić information content (AvgIpc) is 2.36. The fourth-order valence-corrected chi connectivity index (χ4v) is 1.41. The van der Waals surface area contributed by atoms with Crippen molar-refractivity contribution in [1.29, 1.82) is 0 Å². The van der Waals surface area contributed by atoms with E-state index in [4.69, 9.17) is 14.2 Å². The van der Waals surface area contributed by atoms with Crippen LogP contribution in [0.15, 0.2) is 43.7 Å². The van der Waals surface area contributed by atoms with Crippen molar-refractivity contribution in [2.45, 2.75) is 6.42 Å². The maximum absolute atomic E-state index is 5.54. The van der Waals surface area contributed by atoms with Crippen molar-refractivity contribution in [2.24, 2.45) is 0 Å². The first-order chi connectivity index (χ1) is 8.31. The van der Waals surface area contributed by atoms with Crippen LogP contribution in [0, 0.1) is 0 Å². The molecule has 1 rings (SSSR count). The van der Waals surface area contributed by atoms with Gasteiger partial charge in [-0.15, -0.1) is 6.58 Å². The summed E-state index contributed by atoms with van der Waals surface area (Å²) >= 11 is 0. The van der Waals surface area contributed by atoms with E-state index in [1.54, 1.807) is 7.11 Å². The number of rotatable bonds is 8. The van der Waals surface area contributed by atoms with Crippen LogP contribution in [0.3, 0.4) is 0 Å². The van der Waals surface area contributed by atoms with E-state index in [0.29, 0.717) is 19.0 Å². The molecule has 0 atom stereocenters. The summed E-state index contributed by atoms with van der Waals surface area (Å²) in [6.07, 6.45) is 4.07. The molecule has 0 saturated carbocycles. The normalized spacial score (nSPS) is 9.47. The lowest BCUT2D eigenvalue weighted by molar-refractivity contribution is 0.176. The van der Waals surface area contributed by atoms with Gasteiger partial charge in [0.15, 0.2) is 11.5 Å². The Morgan fingerprint density at radius 2 is 2.00 bits per heavy atom. The lowest BCUT2D eigenvalue weighted by atomic mass is 10.1. The van der Waals surface area contributed by atoms with Crippen LogP contribution >= 0.6 is 0 Å². The third kappa shape index (κ3) is 4.23. The lowest BCUT2D eigenvalue weighted by Gasteiger charge is -2.11. The smallest absolute Gasteiger partial charge is 0.161 e. The van der Waals surface area contributed by atoms with Crippen LogP contribution in [0.25, 0.3) is 0 Å². The Bertz CT molecular complexity index is 372. The van der Waals surface area contributed by atoms with Crippen molar-refractivity contribution in [3.8, 4) is 11.5 Å². The summed E-state index contributed by atoms with van der Waals surface area (Å²) in [5.41, 5.74) is 1.14. The van der Waals surface area contributed by atoms with Crippen molar-refractivity contribution >= 4 is 0 Å². The van der Waals surface area contributed by atoms with Gasteiger partial charge in [-0.2, -0.15) is 0 Å². The van der Waals surface area contributed by atoms with Gasteiger partial charge in [0.25, 0.3) is 0 Å². The Kier molecular flexibility index (Phi) is 5.72. The zero-order valence-electron chi connectivity index (χ0n) is 10.1. The third-order valence-corrected chi connectivity index (χ3v) is 2.18.